The smallest absolute Gasteiger partial charge is 0.251 e. The minimum atomic E-state index is -0.0272. The molecule has 0 radical (unpaired) electrons. The maximum absolute atomic E-state index is 12.6. The molecule has 1 amide bonds. The van der Waals surface area contributed by atoms with Crippen LogP contribution >= 0.6 is 0 Å². The summed E-state index contributed by atoms with van der Waals surface area (Å²) in [5.74, 6) is 0.947. The van der Waals surface area contributed by atoms with E-state index in [0.717, 1.165) is 12.5 Å². The van der Waals surface area contributed by atoms with Gasteiger partial charge in [-0.05, 0) is 36.5 Å². The fraction of sp³-hybridized carbons (Fsp3) is 0.458. The Morgan fingerprint density at radius 1 is 0.964 bits per heavy atom. The van der Waals surface area contributed by atoms with Gasteiger partial charge < -0.3 is 10.4 Å². The van der Waals surface area contributed by atoms with Gasteiger partial charge in [-0.1, -0.05) is 61.4 Å². The summed E-state index contributed by atoms with van der Waals surface area (Å²) in [6.45, 7) is 1.80. The second-order valence-electron chi connectivity index (χ2n) is 8.18. The van der Waals surface area contributed by atoms with Crippen LogP contribution < -0.4 is 5.32 Å². The highest BCUT2D eigenvalue weighted by Crippen LogP contribution is 2.42. The van der Waals surface area contributed by atoms with Crippen molar-refractivity contribution in [3.63, 3.8) is 0 Å². The fourth-order valence-electron chi connectivity index (χ4n) is 5.05. The van der Waals surface area contributed by atoms with Gasteiger partial charge in [0.1, 0.15) is 0 Å². The van der Waals surface area contributed by atoms with Crippen LogP contribution in [0.15, 0.2) is 60.7 Å². The second-order valence-corrected chi connectivity index (χ2v) is 8.18. The molecule has 1 saturated heterocycles. The van der Waals surface area contributed by atoms with Gasteiger partial charge in [0.25, 0.3) is 5.91 Å². The Bertz CT molecular complexity index is 759. The van der Waals surface area contributed by atoms with Gasteiger partial charge in [-0.15, -0.1) is 0 Å². The van der Waals surface area contributed by atoms with Gasteiger partial charge in [-0.2, -0.15) is 0 Å². The lowest BCUT2D eigenvalue weighted by Gasteiger charge is -2.56. The summed E-state index contributed by atoms with van der Waals surface area (Å²) in [6, 6.07) is 20.2. The molecule has 4 rings (SSSR count). The first-order chi connectivity index (χ1) is 13.8. The zero-order chi connectivity index (χ0) is 19.3. The van der Waals surface area contributed by atoms with Gasteiger partial charge in [0.05, 0.1) is 6.61 Å². The summed E-state index contributed by atoms with van der Waals surface area (Å²) in [4.78, 5) is 15.0. The van der Waals surface area contributed by atoms with Crippen molar-refractivity contribution in [2.24, 2.45) is 5.92 Å². The summed E-state index contributed by atoms with van der Waals surface area (Å²) < 4.78 is 0. The largest absolute Gasteiger partial charge is 0.395 e. The normalized spacial score (nSPS) is 25.4. The number of hydrogen-bond donors (Lipinski definition) is 2. The number of carbonyl (C=O) groups is 1. The zero-order valence-corrected chi connectivity index (χ0v) is 16.3. The van der Waals surface area contributed by atoms with Crippen molar-refractivity contribution in [2.75, 3.05) is 19.7 Å². The molecule has 1 aliphatic carbocycles. The molecule has 1 heterocycles. The number of amides is 1. The van der Waals surface area contributed by atoms with Crippen molar-refractivity contribution < 1.29 is 9.90 Å². The molecule has 2 aromatic rings. The Balaban J connectivity index is 1.49. The van der Waals surface area contributed by atoms with Crippen molar-refractivity contribution in [1.29, 1.82) is 0 Å². The van der Waals surface area contributed by atoms with E-state index in [9.17, 15) is 9.90 Å². The second kappa shape index (κ2) is 8.89. The highest BCUT2D eigenvalue weighted by molar-refractivity contribution is 5.94. The third kappa shape index (κ3) is 3.98. The molecule has 148 valence electrons. The number of benzene rings is 2. The zero-order valence-electron chi connectivity index (χ0n) is 16.3. The average Bonchev–Trinajstić information content (AvgIpc) is 3.25. The minimum absolute atomic E-state index is 0.0272. The summed E-state index contributed by atoms with van der Waals surface area (Å²) in [5.41, 5.74) is 1.95. The molecule has 2 fully saturated rings. The number of aliphatic hydroxyl groups is 1. The van der Waals surface area contributed by atoms with Gasteiger partial charge in [-0.25, -0.2) is 0 Å². The highest BCUT2D eigenvalue weighted by Gasteiger charge is 2.49. The first-order valence-corrected chi connectivity index (χ1v) is 10.5. The standard InChI is InChI=1S/C24H30N2O2/c27-17-22-23(19-11-3-1-4-12-19)21(26(22)16-18-9-7-8-10-18)15-25-24(28)20-13-5-2-6-14-20/h1-6,11-14,18,21-23,27H,7-10,15-17H2,(H,25,28)/t21-,22-,23-/m1/s1. The average molecular weight is 379 g/mol. The minimum Gasteiger partial charge on any atom is -0.395 e. The van der Waals surface area contributed by atoms with Crippen LogP contribution in [0.5, 0.6) is 0 Å². The van der Waals surface area contributed by atoms with Crippen molar-refractivity contribution >= 4 is 5.91 Å². The number of rotatable bonds is 7. The predicted octanol–water partition coefficient (Wildman–Crippen LogP) is 3.44. The Labute approximate surface area is 167 Å². The van der Waals surface area contributed by atoms with Crippen LogP contribution in [0.2, 0.25) is 0 Å². The van der Waals surface area contributed by atoms with E-state index in [1.54, 1.807) is 0 Å². The van der Waals surface area contributed by atoms with Crippen LogP contribution in [0.1, 0.15) is 47.5 Å². The van der Waals surface area contributed by atoms with Crippen LogP contribution in [-0.2, 0) is 0 Å². The van der Waals surface area contributed by atoms with Gasteiger partial charge >= 0.3 is 0 Å². The molecule has 3 atom stereocenters. The van der Waals surface area contributed by atoms with E-state index in [2.05, 4.69) is 34.5 Å². The molecular formula is C24H30N2O2. The van der Waals surface area contributed by atoms with Crippen LogP contribution in [0.3, 0.4) is 0 Å². The lowest BCUT2D eigenvalue weighted by Crippen LogP contribution is -2.67. The molecule has 2 N–H and O–H groups in total. The summed E-state index contributed by atoms with van der Waals surface area (Å²) in [7, 11) is 0. The van der Waals surface area contributed by atoms with Gasteiger partial charge in [0.15, 0.2) is 0 Å². The first-order valence-electron chi connectivity index (χ1n) is 10.5. The summed E-state index contributed by atoms with van der Waals surface area (Å²) in [6.07, 6.45) is 5.21. The number of carbonyl (C=O) groups excluding carboxylic acids is 1. The predicted molar refractivity (Wildman–Crippen MR) is 111 cm³/mol. The Hall–Kier alpha value is -2.17. The van der Waals surface area contributed by atoms with Gasteiger partial charge in [0.2, 0.25) is 0 Å². The highest BCUT2D eigenvalue weighted by atomic mass is 16.3. The van der Waals surface area contributed by atoms with Crippen molar-refractivity contribution in [3.8, 4) is 0 Å². The molecule has 28 heavy (non-hydrogen) atoms. The Morgan fingerprint density at radius 2 is 1.61 bits per heavy atom. The molecule has 1 saturated carbocycles. The van der Waals surface area contributed by atoms with E-state index in [0.29, 0.717) is 12.1 Å². The van der Waals surface area contributed by atoms with E-state index >= 15 is 0 Å². The molecule has 4 nitrogen and oxygen atoms in total. The summed E-state index contributed by atoms with van der Waals surface area (Å²) >= 11 is 0. The van der Waals surface area contributed by atoms with Crippen LogP contribution in [-0.4, -0.2) is 47.7 Å². The summed E-state index contributed by atoms with van der Waals surface area (Å²) in [5, 5.41) is 13.2. The number of nitrogens with one attached hydrogen (secondary N) is 1. The number of likely N-dealkylation sites (tertiary alicyclic amines) is 1. The Kier molecular flexibility index (Phi) is 6.08. The molecular weight excluding hydrogens is 348 g/mol. The van der Waals surface area contributed by atoms with E-state index in [4.69, 9.17) is 0 Å². The van der Waals surface area contributed by atoms with E-state index in [1.807, 2.05) is 36.4 Å². The van der Waals surface area contributed by atoms with Crippen molar-refractivity contribution in [1.82, 2.24) is 10.2 Å². The first kappa shape index (κ1) is 19.2. The maximum Gasteiger partial charge on any atom is 0.251 e. The molecule has 2 aliphatic rings. The quantitative estimate of drug-likeness (QED) is 0.776. The molecule has 0 spiro atoms. The maximum atomic E-state index is 12.6. The van der Waals surface area contributed by atoms with E-state index in [1.165, 1.54) is 31.2 Å². The fourth-order valence-corrected chi connectivity index (χ4v) is 5.05. The van der Waals surface area contributed by atoms with Gasteiger partial charge in [-0.3, -0.25) is 9.69 Å². The van der Waals surface area contributed by atoms with Crippen molar-refractivity contribution in [2.45, 2.75) is 43.7 Å². The lowest BCUT2D eigenvalue weighted by atomic mass is 9.74. The van der Waals surface area contributed by atoms with Crippen molar-refractivity contribution in [3.05, 3.63) is 71.8 Å². The number of nitrogens with zero attached hydrogens (tertiary/aromatic N) is 1. The van der Waals surface area contributed by atoms with E-state index in [-0.39, 0.29) is 30.5 Å². The molecule has 4 heteroatoms. The topological polar surface area (TPSA) is 52.6 Å². The van der Waals surface area contributed by atoms with E-state index < -0.39 is 0 Å². The van der Waals surface area contributed by atoms with Gasteiger partial charge in [0, 0.05) is 36.7 Å². The molecule has 2 aromatic carbocycles. The molecule has 0 unspecified atom stereocenters. The number of hydrogen-bond acceptors (Lipinski definition) is 3. The lowest BCUT2D eigenvalue weighted by molar-refractivity contribution is -0.0506. The van der Waals surface area contributed by atoms with Crippen LogP contribution in [0.4, 0.5) is 0 Å². The number of aliphatic hydroxyl groups excluding tert-OH is 1. The Morgan fingerprint density at radius 3 is 2.25 bits per heavy atom. The van der Waals surface area contributed by atoms with Crippen LogP contribution in [0.25, 0.3) is 0 Å². The molecule has 0 aromatic heterocycles. The molecule has 1 aliphatic heterocycles. The van der Waals surface area contributed by atoms with Crippen LogP contribution in [0, 0.1) is 5.92 Å². The SMILES string of the molecule is O=C(NC[C@@H]1[C@@H](c2ccccc2)[C@@H](CO)N1CC1CCCC1)c1ccccc1. The monoisotopic (exact) mass is 378 g/mol. The molecule has 0 bridgehead atoms. The third-order valence-electron chi connectivity index (χ3n) is 6.50. The third-order valence-corrected chi connectivity index (χ3v) is 6.50.